The number of hydrogen-bond donors (Lipinski definition) is 2. The van der Waals surface area contributed by atoms with E-state index in [-0.39, 0.29) is 11.4 Å². The summed E-state index contributed by atoms with van der Waals surface area (Å²) in [6.07, 6.45) is -1.01. The Hall–Kier alpha value is -2.29. The van der Waals surface area contributed by atoms with Crippen molar-refractivity contribution >= 4 is 10.0 Å². The molecule has 0 aliphatic carbocycles. The van der Waals surface area contributed by atoms with E-state index < -0.39 is 16.1 Å². The van der Waals surface area contributed by atoms with Crippen LogP contribution in [0.4, 0.5) is 0 Å². The van der Waals surface area contributed by atoms with Gasteiger partial charge < -0.3 is 19.3 Å². The predicted octanol–water partition coefficient (Wildman–Crippen LogP) is 1.48. The average molecular weight is 365 g/mol. The van der Waals surface area contributed by atoms with Gasteiger partial charge in [0, 0.05) is 6.54 Å². The fourth-order valence-electron chi connectivity index (χ4n) is 2.41. The standard InChI is InChI=1S/C17H19NO6S/c1-22-13-3-5-14(6-4-13)25(20,21)18-11-15(19)12-2-7-16-17(10-12)24-9-8-23-16/h2-7,10,15,18-19H,8-9,11H2,1H3. The Morgan fingerprint density at radius 3 is 2.48 bits per heavy atom. The lowest BCUT2D eigenvalue weighted by molar-refractivity contribution is 0.165. The van der Waals surface area contributed by atoms with E-state index in [1.54, 1.807) is 30.3 Å². The maximum atomic E-state index is 12.3. The van der Waals surface area contributed by atoms with Crippen molar-refractivity contribution in [2.45, 2.75) is 11.0 Å². The molecule has 1 aliphatic rings. The fraction of sp³-hybridized carbons (Fsp3) is 0.294. The number of ether oxygens (including phenoxy) is 3. The van der Waals surface area contributed by atoms with Crippen LogP contribution in [-0.4, -0.2) is 40.4 Å². The number of methoxy groups -OCH3 is 1. The fourth-order valence-corrected chi connectivity index (χ4v) is 3.45. The molecular weight excluding hydrogens is 346 g/mol. The highest BCUT2D eigenvalue weighted by Crippen LogP contribution is 2.32. The zero-order chi connectivity index (χ0) is 17.9. The molecule has 2 N–H and O–H groups in total. The normalized spacial score (nSPS) is 14.8. The lowest BCUT2D eigenvalue weighted by Crippen LogP contribution is -2.28. The summed E-state index contributed by atoms with van der Waals surface area (Å²) in [7, 11) is -2.22. The summed E-state index contributed by atoms with van der Waals surface area (Å²) in [6, 6.07) is 11.0. The highest BCUT2D eigenvalue weighted by atomic mass is 32.2. The molecule has 8 heteroatoms. The molecule has 0 bridgehead atoms. The largest absolute Gasteiger partial charge is 0.497 e. The van der Waals surface area contributed by atoms with E-state index in [1.165, 1.54) is 19.2 Å². The Labute approximate surface area is 146 Å². The minimum absolute atomic E-state index is 0.0997. The van der Waals surface area contributed by atoms with E-state index in [2.05, 4.69) is 4.72 Å². The summed E-state index contributed by atoms with van der Waals surface area (Å²) in [6.45, 7) is 0.765. The van der Waals surface area contributed by atoms with Gasteiger partial charge in [0.05, 0.1) is 18.1 Å². The minimum atomic E-state index is -3.73. The second-order valence-electron chi connectivity index (χ2n) is 5.45. The van der Waals surface area contributed by atoms with Crippen molar-refractivity contribution in [2.24, 2.45) is 0 Å². The third kappa shape index (κ3) is 4.04. The molecule has 0 radical (unpaired) electrons. The summed E-state index contributed by atoms with van der Waals surface area (Å²) in [5, 5.41) is 10.3. The van der Waals surface area contributed by atoms with Gasteiger partial charge in [0.2, 0.25) is 10.0 Å². The number of rotatable bonds is 6. The second kappa shape index (κ2) is 7.30. The van der Waals surface area contributed by atoms with Crippen LogP contribution in [0, 0.1) is 0 Å². The Morgan fingerprint density at radius 1 is 1.12 bits per heavy atom. The van der Waals surface area contributed by atoms with Crippen LogP contribution in [0.1, 0.15) is 11.7 Å². The maximum Gasteiger partial charge on any atom is 0.240 e. The molecule has 0 amide bonds. The van der Waals surface area contributed by atoms with Gasteiger partial charge in [0.1, 0.15) is 19.0 Å². The van der Waals surface area contributed by atoms with E-state index in [0.717, 1.165) is 0 Å². The van der Waals surface area contributed by atoms with E-state index >= 15 is 0 Å². The van der Waals surface area contributed by atoms with Gasteiger partial charge in [0.25, 0.3) is 0 Å². The first-order valence-corrected chi connectivity index (χ1v) is 9.19. The first-order chi connectivity index (χ1) is 12.0. The third-order valence-corrected chi connectivity index (χ3v) is 5.23. The highest BCUT2D eigenvalue weighted by molar-refractivity contribution is 7.89. The van der Waals surface area contributed by atoms with E-state index in [4.69, 9.17) is 14.2 Å². The van der Waals surface area contributed by atoms with Gasteiger partial charge in [-0.3, -0.25) is 0 Å². The minimum Gasteiger partial charge on any atom is -0.497 e. The van der Waals surface area contributed by atoms with Crippen molar-refractivity contribution in [3.63, 3.8) is 0 Å². The number of sulfonamides is 1. The maximum absolute atomic E-state index is 12.3. The van der Waals surface area contributed by atoms with Crippen LogP contribution in [0.3, 0.4) is 0 Å². The van der Waals surface area contributed by atoms with Crippen LogP contribution in [0.15, 0.2) is 47.4 Å². The first kappa shape index (κ1) is 17.5. The molecule has 134 valence electrons. The number of nitrogens with one attached hydrogen (secondary N) is 1. The Kier molecular flexibility index (Phi) is 5.12. The molecule has 0 saturated heterocycles. The monoisotopic (exact) mass is 365 g/mol. The summed E-state index contributed by atoms with van der Waals surface area (Å²) in [5.74, 6) is 1.72. The number of hydrogen-bond acceptors (Lipinski definition) is 6. The van der Waals surface area contributed by atoms with Gasteiger partial charge in [-0.2, -0.15) is 0 Å². The lowest BCUT2D eigenvalue weighted by Gasteiger charge is -2.20. The van der Waals surface area contributed by atoms with Crippen molar-refractivity contribution in [3.8, 4) is 17.2 Å². The van der Waals surface area contributed by atoms with Crippen LogP contribution < -0.4 is 18.9 Å². The third-order valence-electron chi connectivity index (χ3n) is 3.79. The van der Waals surface area contributed by atoms with Gasteiger partial charge in [-0.05, 0) is 42.0 Å². The molecule has 0 aromatic heterocycles. The summed E-state index contributed by atoms with van der Waals surface area (Å²) in [5.41, 5.74) is 0.543. The Balaban J connectivity index is 1.67. The topological polar surface area (TPSA) is 94.1 Å². The molecule has 1 atom stereocenters. The molecule has 0 spiro atoms. The first-order valence-electron chi connectivity index (χ1n) is 7.71. The van der Waals surface area contributed by atoms with Crippen LogP contribution in [0.2, 0.25) is 0 Å². The highest BCUT2D eigenvalue weighted by Gasteiger charge is 2.19. The quantitative estimate of drug-likeness (QED) is 0.805. The molecule has 0 saturated carbocycles. The Bertz CT molecular complexity index is 835. The van der Waals surface area contributed by atoms with E-state index in [1.807, 2.05) is 0 Å². The zero-order valence-corrected chi connectivity index (χ0v) is 14.5. The molecule has 3 rings (SSSR count). The van der Waals surface area contributed by atoms with E-state index in [9.17, 15) is 13.5 Å². The lowest BCUT2D eigenvalue weighted by atomic mass is 10.1. The molecule has 2 aromatic rings. The SMILES string of the molecule is COc1ccc(S(=O)(=O)NCC(O)c2ccc3c(c2)OCCO3)cc1. The molecule has 2 aromatic carbocycles. The molecule has 0 fully saturated rings. The van der Waals surface area contributed by atoms with Crippen LogP contribution >= 0.6 is 0 Å². The van der Waals surface area contributed by atoms with Crippen molar-refractivity contribution in [1.29, 1.82) is 0 Å². The average Bonchev–Trinajstić information content (AvgIpc) is 2.65. The smallest absolute Gasteiger partial charge is 0.240 e. The van der Waals surface area contributed by atoms with Gasteiger partial charge in [-0.1, -0.05) is 6.07 Å². The molecule has 7 nitrogen and oxygen atoms in total. The molecule has 1 heterocycles. The molecule has 25 heavy (non-hydrogen) atoms. The molecular formula is C17H19NO6S. The van der Waals surface area contributed by atoms with Crippen LogP contribution in [-0.2, 0) is 10.0 Å². The second-order valence-corrected chi connectivity index (χ2v) is 7.21. The number of aliphatic hydroxyl groups excluding tert-OH is 1. The number of fused-ring (bicyclic) bond motifs is 1. The van der Waals surface area contributed by atoms with Gasteiger partial charge in [-0.15, -0.1) is 0 Å². The van der Waals surface area contributed by atoms with Gasteiger partial charge in [-0.25, -0.2) is 13.1 Å². The van der Waals surface area contributed by atoms with Crippen LogP contribution in [0.5, 0.6) is 17.2 Å². The van der Waals surface area contributed by atoms with Crippen molar-refractivity contribution in [3.05, 3.63) is 48.0 Å². The summed E-state index contributed by atoms with van der Waals surface area (Å²) in [4.78, 5) is 0.0997. The summed E-state index contributed by atoms with van der Waals surface area (Å²) < 4.78 is 42.9. The van der Waals surface area contributed by atoms with Gasteiger partial charge in [0.15, 0.2) is 11.5 Å². The number of aliphatic hydroxyl groups is 1. The van der Waals surface area contributed by atoms with Crippen molar-refractivity contribution in [2.75, 3.05) is 26.9 Å². The van der Waals surface area contributed by atoms with Gasteiger partial charge >= 0.3 is 0 Å². The van der Waals surface area contributed by atoms with Crippen molar-refractivity contribution < 1.29 is 27.7 Å². The zero-order valence-electron chi connectivity index (χ0n) is 13.6. The predicted molar refractivity (Wildman–Crippen MR) is 90.6 cm³/mol. The molecule has 1 unspecified atom stereocenters. The van der Waals surface area contributed by atoms with E-state index in [0.29, 0.717) is 36.0 Å². The van der Waals surface area contributed by atoms with Crippen LogP contribution in [0.25, 0.3) is 0 Å². The number of benzene rings is 2. The molecule has 1 aliphatic heterocycles. The Morgan fingerprint density at radius 2 is 1.80 bits per heavy atom. The van der Waals surface area contributed by atoms with Crippen molar-refractivity contribution in [1.82, 2.24) is 4.72 Å². The summed E-state index contributed by atoms with van der Waals surface area (Å²) >= 11 is 0.